The molecule has 5 saturated carbocycles. The van der Waals surface area contributed by atoms with E-state index in [1.807, 2.05) is 0 Å². The first kappa shape index (κ1) is 25.8. The summed E-state index contributed by atoms with van der Waals surface area (Å²) in [6.45, 7) is 2.78. The van der Waals surface area contributed by atoms with Gasteiger partial charge in [0, 0.05) is 26.2 Å². The number of halogens is 2. The van der Waals surface area contributed by atoms with Crippen LogP contribution in [0.3, 0.4) is 0 Å². The van der Waals surface area contributed by atoms with Gasteiger partial charge < -0.3 is 24.1 Å². The van der Waals surface area contributed by atoms with Crippen molar-refractivity contribution in [2.24, 2.45) is 5.92 Å². The maximum Gasteiger partial charge on any atom is 0.377 e. The van der Waals surface area contributed by atoms with E-state index in [4.69, 9.17) is 18.9 Å². The number of aliphatic hydroxyl groups is 1. The van der Waals surface area contributed by atoms with Gasteiger partial charge in [0.15, 0.2) is 0 Å². The summed E-state index contributed by atoms with van der Waals surface area (Å²) < 4.78 is 49.7. The van der Waals surface area contributed by atoms with Crippen LogP contribution < -0.4 is 0 Å². The Morgan fingerprint density at radius 3 is 2.29 bits per heavy atom. The topological polar surface area (TPSA) is 91.3 Å². The minimum atomic E-state index is -3.61. The third kappa shape index (κ3) is 5.57. The van der Waals surface area contributed by atoms with Crippen LogP contribution in [0.25, 0.3) is 0 Å². The zero-order chi connectivity index (χ0) is 24.7. The van der Waals surface area contributed by atoms with E-state index in [0.717, 1.165) is 32.1 Å². The molecule has 0 aromatic heterocycles. The van der Waals surface area contributed by atoms with Crippen LogP contribution in [-0.4, -0.2) is 65.2 Å². The summed E-state index contributed by atoms with van der Waals surface area (Å²) in [5.41, 5.74) is -3.37. The van der Waals surface area contributed by atoms with Gasteiger partial charge in [-0.1, -0.05) is 26.2 Å². The Kier molecular flexibility index (Phi) is 7.03. The standard InChI is InChI=1S/C25H38F2O7/c1-3-23(7-5-4-6-8-23)32-10-9-31-19(28)14-33-24-12-18-11-22(30,15-24)16-25(13-18,17-24)34-20(29)21(2,26)27/h18,30H,3-17H2,1-2H3. The smallest absolute Gasteiger partial charge is 0.377 e. The van der Waals surface area contributed by atoms with Crippen LogP contribution in [0.1, 0.15) is 90.9 Å². The van der Waals surface area contributed by atoms with Gasteiger partial charge in [0.2, 0.25) is 0 Å². The Morgan fingerprint density at radius 1 is 0.971 bits per heavy atom. The summed E-state index contributed by atoms with van der Waals surface area (Å²) in [7, 11) is 0. The third-order valence-electron chi connectivity index (χ3n) is 8.26. The normalized spacial score (nSPS) is 36.3. The predicted octanol–water partition coefficient (Wildman–Crippen LogP) is 4.08. The molecule has 7 nitrogen and oxygen atoms in total. The highest BCUT2D eigenvalue weighted by Crippen LogP contribution is 2.62. The molecule has 194 valence electrons. The van der Waals surface area contributed by atoms with E-state index >= 15 is 0 Å². The number of alkyl halides is 2. The molecule has 4 unspecified atom stereocenters. The summed E-state index contributed by atoms with van der Waals surface area (Å²) in [6.07, 6.45) is 8.66. The number of carbonyl (C=O) groups is 2. The molecule has 5 rings (SSSR count). The third-order valence-corrected chi connectivity index (χ3v) is 8.26. The number of hydrogen-bond acceptors (Lipinski definition) is 7. The second-order valence-electron chi connectivity index (χ2n) is 11.3. The van der Waals surface area contributed by atoms with Gasteiger partial charge in [-0.2, -0.15) is 8.78 Å². The highest BCUT2D eigenvalue weighted by molar-refractivity contribution is 5.77. The van der Waals surface area contributed by atoms with E-state index in [1.165, 1.54) is 6.42 Å². The average molecular weight is 489 g/mol. The maximum absolute atomic E-state index is 13.5. The molecule has 4 atom stereocenters. The lowest BCUT2D eigenvalue weighted by molar-refractivity contribution is -0.278. The van der Waals surface area contributed by atoms with E-state index in [9.17, 15) is 23.5 Å². The van der Waals surface area contributed by atoms with Crippen molar-refractivity contribution < 1.29 is 42.4 Å². The summed E-state index contributed by atoms with van der Waals surface area (Å²) >= 11 is 0. The Labute approximate surface area is 199 Å². The fraction of sp³-hybridized carbons (Fsp3) is 0.920. The molecule has 4 bridgehead atoms. The minimum absolute atomic E-state index is 0.0234. The highest BCUT2D eigenvalue weighted by Gasteiger charge is 2.66. The van der Waals surface area contributed by atoms with Crippen molar-refractivity contribution in [2.45, 2.75) is 119 Å². The molecule has 0 amide bonds. The molecule has 5 aliphatic carbocycles. The average Bonchev–Trinajstić information content (AvgIpc) is 2.73. The van der Waals surface area contributed by atoms with Gasteiger partial charge in [0.1, 0.15) is 18.8 Å². The molecular weight excluding hydrogens is 450 g/mol. The fourth-order valence-corrected chi connectivity index (χ4v) is 7.24. The summed E-state index contributed by atoms with van der Waals surface area (Å²) in [5, 5.41) is 11.1. The van der Waals surface area contributed by atoms with Gasteiger partial charge in [-0.3, -0.25) is 0 Å². The largest absolute Gasteiger partial charge is 0.462 e. The fourth-order valence-electron chi connectivity index (χ4n) is 7.24. The van der Waals surface area contributed by atoms with Crippen molar-refractivity contribution in [3.63, 3.8) is 0 Å². The summed E-state index contributed by atoms with van der Waals surface area (Å²) in [5.74, 6) is -5.76. The lowest BCUT2D eigenvalue weighted by Gasteiger charge is -2.63. The van der Waals surface area contributed by atoms with Crippen LogP contribution >= 0.6 is 0 Å². The van der Waals surface area contributed by atoms with Crippen LogP contribution in [0.2, 0.25) is 0 Å². The van der Waals surface area contributed by atoms with Gasteiger partial charge >= 0.3 is 17.9 Å². The molecule has 1 N–H and O–H groups in total. The Balaban J connectivity index is 1.29. The highest BCUT2D eigenvalue weighted by atomic mass is 19.3. The molecule has 0 heterocycles. The Hall–Kier alpha value is -1.32. The molecule has 0 aromatic rings. The molecule has 9 heteroatoms. The first-order valence-electron chi connectivity index (χ1n) is 12.7. The molecule has 0 saturated heterocycles. The van der Waals surface area contributed by atoms with Gasteiger partial charge in [-0.15, -0.1) is 0 Å². The van der Waals surface area contributed by atoms with Crippen LogP contribution in [-0.2, 0) is 28.5 Å². The number of hydrogen-bond donors (Lipinski definition) is 1. The molecule has 0 aromatic carbocycles. The predicted molar refractivity (Wildman–Crippen MR) is 117 cm³/mol. The van der Waals surface area contributed by atoms with Crippen LogP contribution in [0, 0.1) is 5.92 Å². The van der Waals surface area contributed by atoms with Gasteiger partial charge in [-0.05, 0) is 44.4 Å². The van der Waals surface area contributed by atoms with E-state index in [-0.39, 0.29) is 44.0 Å². The zero-order valence-electron chi connectivity index (χ0n) is 20.3. The molecular formula is C25H38F2O7. The lowest BCUT2D eigenvalue weighted by Crippen LogP contribution is -2.68. The van der Waals surface area contributed by atoms with Crippen molar-refractivity contribution in [1.82, 2.24) is 0 Å². The SMILES string of the molecule is CCC1(OCCOC(=O)COC23CC4CC(O)(C2)CC(OC(=O)C(C)(F)F)(C4)C3)CCCCC1. The first-order chi connectivity index (χ1) is 15.9. The zero-order valence-corrected chi connectivity index (χ0v) is 20.3. The number of ether oxygens (including phenoxy) is 4. The second-order valence-corrected chi connectivity index (χ2v) is 11.3. The Bertz CT molecular complexity index is 778. The van der Waals surface area contributed by atoms with Crippen molar-refractivity contribution >= 4 is 11.9 Å². The first-order valence-corrected chi connectivity index (χ1v) is 12.7. The van der Waals surface area contributed by atoms with Gasteiger partial charge in [0.05, 0.1) is 23.4 Å². The van der Waals surface area contributed by atoms with Crippen LogP contribution in [0.5, 0.6) is 0 Å². The Morgan fingerprint density at radius 2 is 1.65 bits per heavy atom. The number of esters is 2. The quantitative estimate of drug-likeness (QED) is 0.366. The van der Waals surface area contributed by atoms with E-state index in [1.54, 1.807) is 0 Å². The summed E-state index contributed by atoms with van der Waals surface area (Å²) in [4.78, 5) is 24.3. The molecule has 34 heavy (non-hydrogen) atoms. The second kappa shape index (κ2) is 9.28. The number of rotatable bonds is 10. The molecule has 0 spiro atoms. The lowest BCUT2D eigenvalue weighted by atomic mass is 9.50. The minimum Gasteiger partial charge on any atom is -0.462 e. The van der Waals surface area contributed by atoms with Crippen LogP contribution in [0.15, 0.2) is 0 Å². The van der Waals surface area contributed by atoms with Crippen molar-refractivity contribution in [1.29, 1.82) is 0 Å². The van der Waals surface area contributed by atoms with E-state index in [2.05, 4.69) is 6.92 Å². The number of carbonyl (C=O) groups excluding carboxylic acids is 2. The molecule has 0 aliphatic heterocycles. The van der Waals surface area contributed by atoms with E-state index < -0.39 is 34.7 Å². The maximum atomic E-state index is 13.5. The monoisotopic (exact) mass is 488 g/mol. The van der Waals surface area contributed by atoms with E-state index in [0.29, 0.717) is 32.8 Å². The van der Waals surface area contributed by atoms with Gasteiger partial charge in [-0.25, -0.2) is 9.59 Å². The molecule has 0 radical (unpaired) electrons. The van der Waals surface area contributed by atoms with Gasteiger partial charge in [0.25, 0.3) is 0 Å². The molecule has 5 fully saturated rings. The van der Waals surface area contributed by atoms with Crippen molar-refractivity contribution in [3.8, 4) is 0 Å². The summed E-state index contributed by atoms with van der Waals surface area (Å²) in [6, 6.07) is 0. The molecule has 5 aliphatic rings. The van der Waals surface area contributed by atoms with Crippen molar-refractivity contribution in [3.05, 3.63) is 0 Å². The van der Waals surface area contributed by atoms with Crippen molar-refractivity contribution in [2.75, 3.05) is 19.8 Å². The van der Waals surface area contributed by atoms with Crippen LogP contribution in [0.4, 0.5) is 8.78 Å².